The van der Waals surface area contributed by atoms with E-state index in [1.807, 2.05) is 18.2 Å². The third kappa shape index (κ3) is 3.71. The summed E-state index contributed by atoms with van der Waals surface area (Å²) in [5.74, 6) is 0.684. The van der Waals surface area contributed by atoms with Gasteiger partial charge in [0.2, 0.25) is 0 Å². The van der Waals surface area contributed by atoms with E-state index >= 15 is 0 Å². The number of piperidine rings is 1. The van der Waals surface area contributed by atoms with E-state index < -0.39 is 0 Å². The number of hydrogen-bond donors (Lipinski definition) is 0. The standard InChI is InChI=1S/C30H30N2O/c33-30-24-10-2-1-9-22(24)21-32(30)23-16-19-31(20-17-23)18-8-7-15-29-27-13-5-3-11-25(27)26-12-4-6-14-28(26)29/h1-14,23,29H,15-21H2/b8-7-. The Morgan fingerprint density at radius 1 is 0.758 bits per heavy atom. The molecule has 1 amide bonds. The molecule has 0 saturated carbocycles. The highest BCUT2D eigenvalue weighted by Gasteiger charge is 2.34. The van der Waals surface area contributed by atoms with Gasteiger partial charge >= 0.3 is 0 Å². The number of fused-ring (bicyclic) bond motifs is 4. The molecule has 0 unspecified atom stereocenters. The summed E-state index contributed by atoms with van der Waals surface area (Å²) in [7, 11) is 0. The molecule has 0 radical (unpaired) electrons. The first-order valence-electron chi connectivity index (χ1n) is 12.2. The van der Waals surface area contributed by atoms with Crippen LogP contribution in [0.1, 0.15) is 52.2 Å². The second-order valence-electron chi connectivity index (χ2n) is 9.56. The lowest BCUT2D eigenvalue weighted by Crippen LogP contribution is -2.45. The van der Waals surface area contributed by atoms with Gasteiger partial charge < -0.3 is 4.90 Å². The van der Waals surface area contributed by atoms with E-state index in [-0.39, 0.29) is 5.91 Å². The molecule has 1 fully saturated rings. The van der Waals surface area contributed by atoms with Crippen LogP contribution in [-0.4, -0.2) is 41.4 Å². The van der Waals surface area contributed by atoms with Gasteiger partial charge in [0.1, 0.15) is 0 Å². The number of hydrogen-bond acceptors (Lipinski definition) is 2. The molecule has 1 aliphatic carbocycles. The van der Waals surface area contributed by atoms with E-state index in [2.05, 4.69) is 76.5 Å². The van der Waals surface area contributed by atoms with Crippen molar-refractivity contribution in [3.05, 3.63) is 107 Å². The van der Waals surface area contributed by atoms with Crippen molar-refractivity contribution in [1.82, 2.24) is 9.80 Å². The predicted octanol–water partition coefficient (Wildman–Crippen LogP) is 5.87. The molecule has 0 N–H and O–H groups in total. The molecule has 2 aliphatic heterocycles. The van der Waals surface area contributed by atoms with Crippen LogP contribution < -0.4 is 0 Å². The maximum Gasteiger partial charge on any atom is 0.254 e. The zero-order valence-corrected chi connectivity index (χ0v) is 19.0. The minimum absolute atomic E-state index is 0.223. The topological polar surface area (TPSA) is 23.6 Å². The van der Waals surface area contributed by atoms with Gasteiger partial charge in [-0.3, -0.25) is 9.69 Å². The number of nitrogens with zero attached hydrogens (tertiary/aromatic N) is 2. The van der Waals surface area contributed by atoms with Crippen molar-refractivity contribution in [3.63, 3.8) is 0 Å². The fourth-order valence-corrected chi connectivity index (χ4v) is 5.96. The van der Waals surface area contributed by atoms with Crippen LogP contribution in [0.15, 0.2) is 84.9 Å². The lowest BCUT2D eigenvalue weighted by atomic mass is 9.93. The summed E-state index contributed by atoms with van der Waals surface area (Å²) in [6.45, 7) is 3.90. The van der Waals surface area contributed by atoms with Gasteiger partial charge in [0.15, 0.2) is 0 Å². The van der Waals surface area contributed by atoms with Crippen molar-refractivity contribution in [2.45, 2.75) is 37.8 Å². The Morgan fingerprint density at radius 3 is 2.03 bits per heavy atom. The molecule has 3 aromatic carbocycles. The first-order chi connectivity index (χ1) is 16.3. The van der Waals surface area contributed by atoms with E-state index in [1.54, 1.807) is 0 Å². The number of allylic oxidation sites excluding steroid dienone is 1. The lowest BCUT2D eigenvalue weighted by Gasteiger charge is -2.36. The Balaban J connectivity index is 1.03. The molecule has 0 aromatic heterocycles. The molecule has 3 aliphatic rings. The average Bonchev–Trinajstić information content (AvgIpc) is 3.38. The second kappa shape index (κ2) is 8.64. The van der Waals surface area contributed by atoms with Gasteiger partial charge in [-0.25, -0.2) is 0 Å². The van der Waals surface area contributed by atoms with Gasteiger partial charge in [0, 0.05) is 43.7 Å². The highest BCUT2D eigenvalue weighted by atomic mass is 16.2. The molecule has 166 valence electrons. The Hall–Kier alpha value is -3.17. The van der Waals surface area contributed by atoms with Crippen LogP contribution in [0.4, 0.5) is 0 Å². The van der Waals surface area contributed by atoms with Gasteiger partial charge in [-0.1, -0.05) is 78.9 Å². The average molecular weight is 435 g/mol. The normalized spacial score (nSPS) is 18.7. The zero-order chi connectivity index (χ0) is 22.2. The summed E-state index contributed by atoms with van der Waals surface area (Å²) < 4.78 is 0. The van der Waals surface area contributed by atoms with Crippen LogP contribution in [-0.2, 0) is 6.54 Å². The van der Waals surface area contributed by atoms with E-state index in [0.717, 1.165) is 51.0 Å². The SMILES string of the molecule is O=C1c2ccccc2CN1C1CCN(C/C=C\CC2c3ccccc3-c3ccccc32)CC1. The van der Waals surface area contributed by atoms with Crippen molar-refractivity contribution in [2.24, 2.45) is 0 Å². The highest BCUT2D eigenvalue weighted by Crippen LogP contribution is 2.46. The van der Waals surface area contributed by atoms with Crippen molar-refractivity contribution in [1.29, 1.82) is 0 Å². The zero-order valence-electron chi connectivity index (χ0n) is 19.0. The molecular formula is C30H30N2O. The van der Waals surface area contributed by atoms with Crippen molar-refractivity contribution >= 4 is 5.91 Å². The van der Waals surface area contributed by atoms with Gasteiger partial charge in [-0.15, -0.1) is 0 Å². The van der Waals surface area contributed by atoms with E-state index in [4.69, 9.17) is 0 Å². The molecule has 3 heteroatoms. The van der Waals surface area contributed by atoms with Gasteiger partial charge in [0.05, 0.1) is 0 Å². The molecule has 0 spiro atoms. The maximum atomic E-state index is 12.8. The van der Waals surface area contributed by atoms with Crippen molar-refractivity contribution in [2.75, 3.05) is 19.6 Å². The quantitative estimate of drug-likeness (QED) is 0.469. The number of amides is 1. The number of rotatable bonds is 5. The summed E-state index contributed by atoms with van der Waals surface area (Å²) in [5.41, 5.74) is 7.79. The molecule has 33 heavy (non-hydrogen) atoms. The molecule has 3 aromatic rings. The molecule has 3 nitrogen and oxygen atoms in total. The summed E-state index contributed by atoms with van der Waals surface area (Å²) >= 11 is 0. The Kier molecular flexibility index (Phi) is 5.35. The minimum atomic E-state index is 0.223. The molecule has 1 saturated heterocycles. The van der Waals surface area contributed by atoms with Crippen LogP contribution in [0.25, 0.3) is 11.1 Å². The second-order valence-corrected chi connectivity index (χ2v) is 9.56. The van der Waals surface area contributed by atoms with Crippen LogP contribution >= 0.6 is 0 Å². The van der Waals surface area contributed by atoms with Crippen molar-refractivity contribution in [3.8, 4) is 11.1 Å². The summed E-state index contributed by atoms with van der Waals surface area (Å²) in [6.07, 6.45) is 7.90. The smallest absolute Gasteiger partial charge is 0.254 e. The molecule has 2 heterocycles. The third-order valence-corrected chi connectivity index (χ3v) is 7.71. The molecule has 0 bridgehead atoms. The van der Waals surface area contributed by atoms with E-state index in [9.17, 15) is 4.79 Å². The monoisotopic (exact) mass is 434 g/mol. The third-order valence-electron chi connectivity index (χ3n) is 7.71. The first kappa shape index (κ1) is 20.4. The minimum Gasteiger partial charge on any atom is -0.331 e. The highest BCUT2D eigenvalue weighted by molar-refractivity contribution is 5.98. The van der Waals surface area contributed by atoms with Gasteiger partial charge in [-0.05, 0) is 53.1 Å². The fourth-order valence-electron chi connectivity index (χ4n) is 5.96. The number of benzene rings is 3. The van der Waals surface area contributed by atoms with E-state index in [1.165, 1.54) is 27.8 Å². The molecular weight excluding hydrogens is 404 g/mol. The van der Waals surface area contributed by atoms with Crippen LogP contribution in [0.3, 0.4) is 0 Å². The van der Waals surface area contributed by atoms with Gasteiger partial charge in [-0.2, -0.15) is 0 Å². The molecule has 6 rings (SSSR count). The fraction of sp³-hybridized carbons (Fsp3) is 0.300. The van der Waals surface area contributed by atoms with E-state index in [0.29, 0.717) is 12.0 Å². The summed E-state index contributed by atoms with van der Waals surface area (Å²) in [4.78, 5) is 17.4. The summed E-state index contributed by atoms with van der Waals surface area (Å²) in [6, 6.07) is 26.1. The van der Waals surface area contributed by atoms with Crippen LogP contribution in [0.5, 0.6) is 0 Å². The number of carbonyl (C=O) groups excluding carboxylic acids is 1. The van der Waals surface area contributed by atoms with Crippen LogP contribution in [0.2, 0.25) is 0 Å². The number of likely N-dealkylation sites (tertiary alicyclic amines) is 1. The Labute approximate surface area is 196 Å². The van der Waals surface area contributed by atoms with Crippen molar-refractivity contribution < 1.29 is 4.79 Å². The lowest BCUT2D eigenvalue weighted by molar-refractivity contribution is 0.0607. The number of carbonyl (C=O) groups is 1. The first-order valence-corrected chi connectivity index (χ1v) is 12.2. The Bertz CT molecular complexity index is 1160. The largest absolute Gasteiger partial charge is 0.331 e. The Morgan fingerprint density at radius 2 is 1.36 bits per heavy atom. The maximum absolute atomic E-state index is 12.8. The molecule has 0 atom stereocenters. The summed E-state index contributed by atoms with van der Waals surface area (Å²) in [5, 5.41) is 0. The predicted molar refractivity (Wildman–Crippen MR) is 133 cm³/mol. The van der Waals surface area contributed by atoms with Crippen LogP contribution in [0, 0.1) is 0 Å². The van der Waals surface area contributed by atoms with Gasteiger partial charge in [0.25, 0.3) is 5.91 Å².